The minimum atomic E-state index is -2.18. The molecule has 224 valence electrons. The van der Waals surface area contributed by atoms with Gasteiger partial charge in [-0.25, -0.2) is 0 Å². The van der Waals surface area contributed by atoms with Crippen molar-refractivity contribution in [1.29, 1.82) is 5.41 Å². The number of carbonyl (C=O) groups excluding carboxylic acids is 1. The van der Waals surface area contributed by atoms with Gasteiger partial charge in [0, 0.05) is 6.92 Å². The summed E-state index contributed by atoms with van der Waals surface area (Å²) in [5.74, 6) is -1.32. The lowest BCUT2D eigenvalue weighted by atomic mass is 9.98. The van der Waals surface area contributed by atoms with Crippen molar-refractivity contribution < 1.29 is 33.2 Å². The lowest BCUT2D eigenvalue weighted by Gasteiger charge is -2.45. The molecule has 0 radical (unpaired) electrons. The van der Waals surface area contributed by atoms with Crippen LogP contribution >= 0.6 is 34.8 Å². The highest BCUT2D eigenvalue weighted by Gasteiger charge is 2.52. The number of carbonyl (C=O) groups is 1. The number of halogens is 3. The fraction of sp³-hybridized carbons (Fsp3) is 0.355. The van der Waals surface area contributed by atoms with Crippen molar-refractivity contribution in [3.8, 4) is 0 Å². The molecule has 0 amide bonds. The summed E-state index contributed by atoms with van der Waals surface area (Å²) < 4.78 is 34.2. The van der Waals surface area contributed by atoms with E-state index in [1.807, 2.05) is 91.0 Å². The lowest BCUT2D eigenvalue weighted by molar-refractivity contribution is -0.305. The summed E-state index contributed by atoms with van der Waals surface area (Å²) in [6, 6.07) is 28.8. The Bertz CT molecular complexity index is 1260. The summed E-state index contributed by atoms with van der Waals surface area (Å²) in [5, 5.41) is 8.17. The third-order valence-electron chi connectivity index (χ3n) is 6.35. The smallest absolute Gasteiger partial charge is 0.303 e. The van der Waals surface area contributed by atoms with Gasteiger partial charge in [0.15, 0.2) is 6.10 Å². The molecule has 1 aliphatic heterocycles. The second-order valence-corrected chi connectivity index (χ2v) is 11.9. The number of alkyl halides is 3. The fourth-order valence-corrected chi connectivity index (χ4v) is 4.53. The predicted octanol–water partition coefficient (Wildman–Crippen LogP) is 6.39. The molecule has 3 aromatic rings. The summed E-state index contributed by atoms with van der Waals surface area (Å²) in [4.78, 5) is 12.3. The lowest BCUT2D eigenvalue weighted by Crippen LogP contribution is -2.62. The third-order valence-corrected chi connectivity index (χ3v) is 6.86. The summed E-state index contributed by atoms with van der Waals surface area (Å²) in [5.41, 5.74) is 2.77. The van der Waals surface area contributed by atoms with Crippen LogP contribution in [0.25, 0.3) is 0 Å². The first-order valence-electron chi connectivity index (χ1n) is 13.3. The molecule has 42 heavy (non-hydrogen) atoms. The molecule has 11 heteroatoms. The summed E-state index contributed by atoms with van der Waals surface area (Å²) in [6.45, 7) is 2.01. The van der Waals surface area contributed by atoms with Gasteiger partial charge in [-0.1, -0.05) is 126 Å². The Morgan fingerprint density at radius 3 is 1.69 bits per heavy atom. The van der Waals surface area contributed by atoms with Crippen LogP contribution in [-0.4, -0.2) is 53.0 Å². The average Bonchev–Trinajstić information content (AvgIpc) is 2.97. The van der Waals surface area contributed by atoms with Crippen molar-refractivity contribution in [3.63, 3.8) is 0 Å². The van der Waals surface area contributed by atoms with E-state index in [1.54, 1.807) is 0 Å². The topological polar surface area (TPSA) is 96.3 Å². The van der Waals surface area contributed by atoms with Gasteiger partial charge in [0.25, 0.3) is 3.79 Å². The minimum absolute atomic E-state index is 0.0628. The highest BCUT2D eigenvalue weighted by atomic mass is 35.6. The van der Waals surface area contributed by atoms with E-state index in [4.69, 9.17) is 68.6 Å². The van der Waals surface area contributed by atoms with Crippen LogP contribution < -0.4 is 0 Å². The molecule has 5 atom stereocenters. The zero-order chi connectivity index (χ0) is 30.0. The Labute approximate surface area is 260 Å². The summed E-state index contributed by atoms with van der Waals surface area (Å²) in [7, 11) is 0. The van der Waals surface area contributed by atoms with Crippen LogP contribution in [0, 0.1) is 5.41 Å². The standard InChI is InChI=1S/C31H32Cl3NO7/c1-21(36)40-28-27(39-19-24-15-9-4-10-16-24)26(38-18-23-13-7-3-8-14-23)25(20-37-17-22-11-5-2-6-12-22)41-29(28)42-30(35)31(32,33)34/h2-16,25-29,35H,17-20H2,1H3/t25-,26-,27+,28+,29?/m1/s1. The highest BCUT2D eigenvalue weighted by molar-refractivity contribution is 6.76. The second-order valence-electron chi connectivity index (χ2n) is 9.58. The first-order chi connectivity index (χ1) is 20.2. The summed E-state index contributed by atoms with van der Waals surface area (Å²) in [6.07, 6.45) is -5.01. The largest absolute Gasteiger partial charge is 0.453 e. The van der Waals surface area contributed by atoms with Gasteiger partial charge in [-0.15, -0.1) is 0 Å². The first-order valence-corrected chi connectivity index (χ1v) is 14.4. The average molecular weight is 637 g/mol. The molecule has 1 heterocycles. The molecular formula is C31H32Cl3NO7. The van der Waals surface area contributed by atoms with Gasteiger partial charge in [0.1, 0.15) is 18.3 Å². The molecule has 1 fully saturated rings. The second kappa shape index (κ2) is 15.7. The molecule has 3 aromatic carbocycles. The van der Waals surface area contributed by atoms with Crippen molar-refractivity contribution >= 4 is 46.7 Å². The van der Waals surface area contributed by atoms with Crippen molar-refractivity contribution in [2.45, 2.75) is 61.2 Å². The normalized spacial score (nSPS) is 22.3. The van der Waals surface area contributed by atoms with Crippen molar-refractivity contribution in [1.82, 2.24) is 0 Å². The molecule has 0 aromatic heterocycles. The van der Waals surface area contributed by atoms with Crippen LogP contribution in [0.3, 0.4) is 0 Å². The molecule has 0 spiro atoms. The van der Waals surface area contributed by atoms with E-state index >= 15 is 0 Å². The quantitative estimate of drug-likeness (QED) is 0.106. The van der Waals surface area contributed by atoms with Gasteiger partial charge < -0.3 is 28.4 Å². The Balaban J connectivity index is 1.64. The monoisotopic (exact) mass is 635 g/mol. The van der Waals surface area contributed by atoms with Crippen molar-refractivity contribution in [2.75, 3.05) is 6.61 Å². The predicted molar refractivity (Wildman–Crippen MR) is 159 cm³/mol. The Hall–Kier alpha value is -2.69. The van der Waals surface area contributed by atoms with Crippen LogP contribution in [0.5, 0.6) is 0 Å². The van der Waals surface area contributed by atoms with E-state index in [2.05, 4.69) is 0 Å². The summed E-state index contributed by atoms with van der Waals surface area (Å²) >= 11 is 17.7. The maximum Gasteiger partial charge on any atom is 0.303 e. The van der Waals surface area contributed by atoms with Gasteiger partial charge in [-0.2, -0.15) is 0 Å². The number of rotatable bonds is 12. The van der Waals surface area contributed by atoms with Crippen LogP contribution in [0.15, 0.2) is 91.0 Å². The van der Waals surface area contributed by atoms with Gasteiger partial charge in [-0.3, -0.25) is 10.2 Å². The number of hydrogen-bond donors (Lipinski definition) is 1. The molecule has 0 saturated carbocycles. The maximum atomic E-state index is 12.3. The van der Waals surface area contributed by atoms with Gasteiger partial charge in [0.05, 0.1) is 26.4 Å². The van der Waals surface area contributed by atoms with Crippen molar-refractivity contribution in [3.05, 3.63) is 108 Å². The first kappa shape index (κ1) is 32.2. The number of benzene rings is 3. The van der Waals surface area contributed by atoms with E-state index in [0.717, 1.165) is 16.7 Å². The SMILES string of the molecule is CC(=O)O[C@@H]1C(OC(=N)C(Cl)(Cl)Cl)O[C@H](COCc2ccccc2)[C@@H](OCc2ccccc2)[C@@H]1OCc1ccccc1. The molecule has 0 bridgehead atoms. The molecule has 1 unspecified atom stereocenters. The maximum absolute atomic E-state index is 12.3. The van der Waals surface area contributed by atoms with Crippen LogP contribution in [0.4, 0.5) is 0 Å². The van der Waals surface area contributed by atoms with E-state index in [-0.39, 0.29) is 19.8 Å². The molecule has 1 aliphatic rings. The zero-order valence-electron chi connectivity index (χ0n) is 22.9. The molecular weight excluding hydrogens is 605 g/mol. The number of nitrogens with one attached hydrogen (secondary N) is 1. The Kier molecular flexibility index (Phi) is 12.0. The van der Waals surface area contributed by atoms with Crippen molar-refractivity contribution in [2.24, 2.45) is 0 Å². The Morgan fingerprint density at radius 1 is 0.738 bits per heavy atom. The minimum Gasteiger partial charge on any atom is -0.453 e. The Morgan fingerprint density at radius 2 is 1.21 bits per heavy atom. The molecule has 8 nitrogen and oxygen atoms in total. The molecule has 0 aliphatic carbocycles. The fourth-order valence-electron chi connectivity index (χ4n) is 4.40. The number of hydrogen-bond acceptors (Lipinski definition) is 8. The molecule has 1 N–H and O–H groups in total. The highest BCUT2D eigenvalue weighted by Crippen LogP contribution is 2.34. The van der Waals surface area contributed by atoms with Crippen LogP contribution in [0.1, 0.15) is 23.6 Å². The van der Waals surface area contributed by atoms with E-state index in [0.29, 0.717) is 6.61 Å². The third kappa shape index (κ3) is 9.67. The van der Waals surface area contributed by atoms with Crippen LogP contribution in [-0.2, 0) is 53.0 Å². The van der Waals surface area contributed by atoms with E-state index in [1.165, 1.54) is 6.92 Å². The van der Waals surface area contributed by atoms with E-state index < -0.39 is 46.4 Å². The van der Waals surface area contributed by atoms with Gasteiger partial charge in [0.2, 0.25) is 12.2 Å². The van der Waals surface area contributed by atoms with Crippen LogP contribution in [0.2, 0.25) is 0 Å². The molecule has 1 saturated heterocycles. The number of ether oxygens (including phenoxy) is 6. The molecule has 4 rings (SSSR count). The van der Waals surface area contributed by atoms with Gasteiger partial charge >= 0.3 is 5.97 Å². The number of esters is 1. The zero-order valence-corrected chi connectivity index (χ0v) is 25.1. The van der Waals surface area contributed by atoms with Gasteiger partial charge in [-0.05, 0) is 16.7 Å². The van der Waals surface area contributed by atoms with E-state index in [9.17, 15) is 4.79 Å².